The number of anilines is 1. The van der Waals surface area contributed by atoms with Crippen LogP contribution in [-0.4, -0.2) is 43.4 Å². The van der Waals surface area contributed by atoms with Gasteiger partial charge in [-0.25, -0.2) is 14.8 Å². The number of thioether (sulfide) groups is 1. The van der Waals surface area contributed by atoms with Gasteiger partial charge >= 0.3 is 5.97 Å². The molecule has 0 unspecified atom stereocenters. The van der Waals surface area contributed by atoms with E-state index in [1.165, 1.54) is 24.0 Å². The Balaban J connectivity index is 2.21. The van der Waals surface area contributed by atoms with Gasteiger partial charge in [0.15, 0.2) is 16.7 Å². The van der Waals surface area contributed by atoms with Crippen LogP contribution in [0.25, 0.3) is 0 Å². The molecule has 0 fully saturated rings. The van der Waals surface area contributed by atoms with Crippen molar-refractivity contribution in [3.8, 4) is 0 Å². The average molecular weight is 314 g/mol. The minimum atomic E-state index is -1.18. The molecule has 20 heavy (non-hydrogen) atoms. The predicted octanol–water partition coefficient (Wildman–Crippen LogP) is 1.53. The molecule has 0 aliphatic heterocycles. The molecule has 0 aliphatic carbocycles. The fraction of sp³-hybridized carbons (Fsp3) is 0.100. The molecule has 3 N–H and O–H groups in total. The summed E-state index contributed by atoms with van der Waals surface area (Å²) in [7, 11) is 0. The number of carboxylic acids is 1. The van der Waals surface area contributed by atoms with Gasteiger partial charge in [0.25, 0.3) is 5.91 Å². The molecule has 0 bridgehead atoms. The van der Waals surface area contributed by atoms with E-state index in [0.29, 0.717) is 5.16 Å². The third-order valence-corrected chi connectivity index (χ3v) is 3.01. The minimum absolute atomic E-state index is 0.00843. The summed E-state index contributed by atoms with van der Waals surface area (Å²) in [6.07, 6.45) is 3.08. The number of amides is 1. The number of halogens is 1. The molecule has 8 nitrogen and oxygen atoms in total. The van der Waals surface area contributed by atoms with Gasteiger partial charge in [-0.2, -0.15) is 5.10 Å². The zero-order chi connectivity index (χ0) is 14.7. The first-order valence-electron chi connectivity index (χ1n) is 5.18. The van der Waals surface area contributed by atoms with Crippen LogP contribution in [0.5, 0.6) is 0 Å². The Labute approximate surface area is 122 Å². The Morgan fingerprint density at radius 1 is 1.50 bits per heavy atom. The number of hydrogen-bond acceptors (Lipinski definition) is 6. The topological polar surface area (TPSA) is 121 Å². The highest BCUT2D eigenvalue weighted by Gasteiger charge is 2.16. The fourth-order valence-electron chi connectivity index (χ4n) is 1.28. The maximum atomic E-state index is 12.0. The van der Waals surface area contributed by atoms with Crippen molar-refractivity contribution in [2.24, 2.45) is 0 Å². The minimum Gasteiger partial charge on any atom is -0.477 e. The highest BCUT2D eigenvalue weighted by atomic mass is 35.5. The van der Waals surface area contributed by atoms with Gasteiger partial charge < -0.3 is 10.4 Å². The first-order chi connectivity index (χ1) is 9.51. The Morgan fingerprint density at radius 2 is 2.25 bits per heavy atom. The van der Waals surface area contributed by atoms with Gasteiger partial charge in [-0.05, 0) is 6.26 Å². The van der Waals surface area contributed by atoms with Crippen LogP contribution < -0.4 is 5.32 Å². The standard InChI is InChI=1S/C10H8ClN5O3S/c1-20-10-12-3-4(11)7(14-10)8(17)13-6-2-5(9(18)19)15-16-6/h2-3H,1H3,(H,18,19)(H2,13,15,16,17). The van der Waals surface area contributed by atoms with E-state index in [9.17, 15) is 9.59 Å². The van der Waals surface area contributed by atoms with Gasteiger partial charge in [-0.15, -0.1) is 0 Å². The van der Waals surface area contributed by atoms with Crippen molar-refractivity contribution in [3.05, 3.63) is 28.7 Å². The van der Waals surface area contributed by atoms with Gasteiger partial charge in [-0.3, -0.25) is 9.89 Å². The Kier molecular flexibility index (Phi) is 4.20. The Hall–Kier alpha value is -2.13. The van der Waals surface area contributed by atoms with Crippen molar-refractivity contribution in [2.45, 2.75) is 5.16 Å². The van der Waals surface area contributed by atoms with Crippen LogP contribution in [0.15, 0.2) is 17.4 Å². The quantitative estimate of drug-likeness (QED) is 0.578. The van der Waals surface area contributed by atoms with Gasteiger partial charge in [0.05, 0.1) is 11.2 Å². The van der Waals surface area contributed by atoms with Crippen molar-refractivity contribution in [2.75, 3.05) is 11.6 Å². The number of carboxylic acid groups (broad SMARTS) is 1. The van der Waals surface area contributed by atoms with Gasteiger partial charge in [-0.1, -0.05) is 23.4 Å². The summed E-state index contributed by atoms with van der Waals surface area (Å²) < 4.78 is 0. The number of nitrogens with one attached hydrogen (secondary N) is 2. The van der Waals surface area contributed by atoms with Crippen molar-refractivity contribution in [1.29, 1.82) is 0 Å². The second kappa shape index (κ2) is 5.88. The van der Waals surface area contributed by atoms with Crippen LogP contribution >= 0.6 is 23.4 Å². The number of aromatic amines is 1. The molecule has 0 saturated carbocycles. The molecule has 2 heterocycles. The van der Waals surface area contributed by atoms with Crippen LogP contribution in [0.3, 0.4) is 0 Å². The highest BCUT2D eigenvalue weighted by molar-refractivity contribution is 7.98. The SMILES string of the molecule is CSc1ncc(Cl)c(C(=O)Nc2cc(C(=O)O)[nH]n2)n1. The highest BCUT2D eigenvalue weighted by Crippen LogP contribution is 2.17. The van der Waals surface area contributed by atoms with Crippen LogP contribution in [0.1, 0.15) is 21.0 Å². The van der Waals surface area contributed by atoms with Crippen LogP contribution in [0, 0.1) is 0 Å². The lowest BCUT2D eigenvalue weighted by Gasteiger charge is -2.04. The van der Waals surface area contributed by atoms with Crippen molar-refractivity contribution >= 4 is 41.1 Å². The van der Waals surface area contributed by atoms with E-state index < -0.39 is 11.9 Å². The molecular formula is C10H8ClN5O3S. The molecule has 2 aromatic rings. The third-order valence-electron chi connectivity index (χ3n) is 2.17. The predicted molar refractivity (Wildman–Crippen MR) is 72.3 cm³/mol. The Morgan fingerprint density at radius 3 is 2.85 bits per heavy atom. The van der Waals surface area contributed by atoms with Gasteiger partial charge in [0.1, 0.15) is 5.69 Å². The number of carbonyl (C=O) groups excluding carboxylic acids is 1. The molecule has 0 atom stereocenters. The normalized spacial score (nSPS) is 10.3. The molecule has 2 rings (SSSR count). The van der Waals surface area contributed by atoms with E-state index in [1.807, 2.05) is 0 Å². The second-order valence-electron chi connectivity index (χ2n) is 3.48. The summed E-state index contributed by atoms with van der Waals surface area (Å²) in [6.45, 7) is 0. The van der Waals surface area contributed by atoms with Crippen molar-refractivity contribution in [3.63, 3.8) is 0 Å². The lowest BCUT2D eigenvalue weighted by Crippen LogP contribution is -2.15. The molecule has 0 spiro atoms. The lowest BCUT2D eigenvalue weighted by atomic mass is 10.3. The summed E-state index contributed by atoms with van der Waals surface area (Å²) in [5, 5.41) is 17.5. The number of aromatic nitrogens is 4. The smallest absolute Gasteiger partial charge is 0.353 e. The van der Waals surface area contributed by atoms with E-state index in [-0.39, 0.29) is 22.2 Å². The summed E-state index contributed by atoms with van der Waals surface area (Å²) in [5.74, 6) is -1.72. The number of rotatable bonds is 4. The number of carbonyl (C=O) groups is 2. The second-order valence-corrected chi connectivity index (χ2v) is 4.66. The lowest BCUT2D eigenvalue weighted by molar-refractivity contribution is 0.0690. The maximum Gasteiger partial charge on any atom is 0.353 e. The molecule has 10 heteroatoms. The maximum absolute atomic E-state index is 12.0. The largest absolute Gasteiger partial charge is 0.477 e. The zero-order valence-corrected chi connectivity index (χ0v) is 11.6. The summed E-state index contributed by atoms with van der Waals surface area (Å²) in [6, 6.07) is 1.19. The molecular weight excluding hydrogens is 306 g/mol. The average Bonchev–Trinajstić information content (AvgIpc) is 2.88. The molecule has 0 saturated heterocycles. The number of aromatic carboxylic acids is 1. The van der Waals surface area contributed by atoms with Crippen molar-refractivity contribution in [1.82, 2.24) is 20.2 Å². The van der Waals surface area contributed by atoms with E-state index in [2.05, 4.69) is 25.5 Å². The monoisotopic (exact) mass is 313 g/mol. The molecule has 104 valence electrons. The number of H-pyrrole nitrogens is 1. The van der Waals surface area contributed by atoms with E-state index in [0.717, 1.165) is 0 Å². The van der Waals surface area contributed by atoms with E-state index in [4.69, 9.17) is 16.7 Å². The molecule has 1 amide bonds. The summed E-state index contributed by atoms with van der Waals surface area (Å²) >= 11 is 7.12. The summed E-state index contributed by atoms with van der Waals surface area (Å²) in [5.41, 5.74) is -0.148. The number of nitrogens with zero attached hydrogens (tertiary/aromatic N) is 3. The zero-order valence-electron chi connectivity index (χ0n) is 10.0. The van der Waals surface area contributed by atoms with Crippen molar-refractivity contribution < 1.29 is 14.7 Å². The molecule has 0 radical (unpaired) electrons. The Bertz CT molecular complexity index is 675. The van der Waals surface area contributed by atoms with Gasteiger partial charge in [0, 0.05) is 6.07 Å². The summed E-state index contributed by atoms with van der Waals surface area (Å²) in [4.78, 5) is 30.6. The fourth-order valence-corrected chi connectivity index (χ4v) is 1.80. The van der Waals surface area contributed by atoms with Crippen LogP contribution in [-0.2, 0) is 0 Å². The molecule has 0 aromatic carbocycles. The van der Waals surface area contributed by atoms with Gasteiger partial charge in [0.2, 0.25) is 0 Å². The van der Waals surface area contributed by atoms with Crippen LogP contribution in [0.2, 0.25) is 5.02 Å². The molecule has 0 aliphatic rings. The molecule has 2 aromatic heterocycles. The van der Waals surface area contributed by atoms with Crippen LogP contribution in [0.4, 0.5) is 5.82 Å². The van der Waals surface area contributed by atoms with E-state index >= 15 is 0 Å². The van der Waals surface area contributed by atoms with E-state index in [1.54, 1.807) is 6.26 Å². The first-order valence-corrected chi connectivity index (χ1v) is 6.78. The third kappa shape index (κ3) is 3.06. The first kappa shape index (κ1) is 14.3. The number of hydrogen-bond donors (Lipinski definition) is 3.